The first-order chi connectivity index (χ1) is 9.90. The third-order valence-corrected chi connectivity index (χ3v) is 3.96. The zero-order chi connectivity index (χ0) is 13.8. The van der Waals surface area contributed by atoms with Crippen LogP contribution in [-0.4, -0.2) is 37.2 Å². The SMILES string of the molecule is OCCCSc1ncnc2c1cnn2-c1ccccc1. The average molecular weight is 286 g/mol. The number of nitrogens with zero attached hydrogens (tertiary/aromatic N) is 4. The third-order valence-electron chi connectivity index (χ3n) is 2.87. The van der Waals surface area contributed by atoms with Crippen LogP contribution in [-0.2, 0) is 0 Å². The zero-order valence-corrected chi connectivity index (χ0v) is 11.6. The van der Waals surface area contributed by atoms with Crippen LogP contribution in [0.1, 0.15) is 6.42 Å². The lowest BCUT2D eigenvalue weighted by Crippen LogP contribution is -1.97. The summed E-state index contributed by atoms with van der Waals surface area (Å²) in [4.78, 5) is 8.64. The molecule has 0 aliphatic carbocycles. The standard InChI is InChI=1S/C14H14N4OS/c19-7-4-8-20-14-12-9-17-18(13(12)15-10-16-14)11-5-2-1-3-6-11/h1-3,5-6,9-10,19H,4,7-8H2. The van der Waals surface area contributed by atoms with Crippen LogP contribution >= 0.6 is 11.8 Å². The minimum absolute atomic E-state index is 0.199. The van der Waals surface area contributed by atoms with Gasteiger partial charge in [-0.3, -0.25) is 0 Å². The second kappa shape index (κ2) is 6.02. The molecule has 0 unspecified atom stereocenters. The van der Waals surface area contributed by atoms with Crippen molar-refractivity contribution in [1.29, 1.82) is 0 Å². The Bertz CT molecular complexity index is 699. The molecule has 102 valence electrons. The molecule has 6 heteroatoms. The highest BCUT2D eigenvalue weighted by Gasteiger charge is 2.10. The lowest BCUT2D eigenvalue weighted by molar-refractivity contribution is 0.296. The molecule has 0 saturated heterocycles. The molecule has 0 aliphatic rings. The monoisotopic (exact) mass is 286 g/mol. The Morgan fingerprint density at radius 3 is 2.80 bits per heavy atom. The van der Waals surface area contributed by atoms with Crippen molar-refractivity contribution in [2.75, 3.05) is 12.4 Å². The van der Waals surface area contributed by atoms with Gasteiger partial charge in [-0.2, -0.15) is 5.10 Å². The van der Waals surface area contributed by atoms with Gasteiger partial charge < -0.3 is 5.11 Å². The van der Waals surface area contributed by atoms with Gasteiger partial charge in [0.25, 0.3) is 0 Å². The van der Waals surface area contributed by atoms with Gasteiger partial charge in [-0.05, 0) is 18.6 Å². The van der Waals surface area contributed by atoms with E-state index in [4.69, 9.17) is 5.11 Å². The fourth-order valence-electron chi connectivity index (χ4n) is 1.93. The third kappa shape index (κ3) is 2.52. The largest absolute Gasteiger partial charge is 0.396 e. The average Bonchev–Trinajstić information content (AvgIpc) is 2.93. The Morgan fingerprint density at radius 1 is 1.15 bits per heavy atom. The molecule has 0 atom stereocenters. The number of hydrogen-bond donors (Lipinski definition) is 1. The summed E-state index contributed by atoms with van der Waals surface area (Å²) >= 11 is 1.62. The van der Waals surface area contributed by atoms with Crippen LogP contribution in [0.4, 0.5) is 0 Å². The number of thioether (sulfide) groups is 1. The van der Waals surface area contributed by atoms with Crippen molar-refractivity contribution in [3.63, 3.8) is 0 Å². The van der Waals surface area contributed by atoms with E-state index in [9.17, 15) is 0 Å². The lowest BCUT2D eigenvalue weighted by Gasteiger charge is -2.03. The molecule has 3 aromatic rings. The first-order valence-corrected chi connectivity index (χ1v) is 7.36. The summed E-state index contributed by atoms with van der Waals surface area (Å²) in [6, 6.07) is 9.91. The van der Waals surface area contributed by atoms with E-state index in [0.717, 1.165) is 33.9 Å². The van der Waals surface area contributed by atoms with Crippen molar-refractivity contribution < 1.29 is 5.11 Å². The van der Waals surface area contributed by atoms with Crippen molar-refractivity contribution in [3.8, 4) is 5.69 Å². The Hall–Kier alpha value is -1.92. The summed E-state index contributed by atoms with van der Waals surface area (Å²) < 4.78 is 1.81. The quantitative estimate of drug-likeness (QED) is 0.443. The number of rotatable bonds is 5. The molecule has 0 fully saturated rings. The van der Waals surface area contributed by atoms with E-state index in [1.807, 2.05) is 35.0 Å². The molecule has 1 N–H and O–H groups in total. The number of para-hydroxylation sites is 1. The second-order valence-corrected chi connectivity index (χ2v) is 5.32. The summed E-state index contributed by atoms with van der Waals surface area (Å²) in [7, 11) is 0. The van der Waals surface area contributed by atoms with E-state index in [1.54, 1.807) is 24.3 Å². The highest BCUT2D eigenvalue weighted by atomic mass is 32.2. The predicted octanol–water partition coefficient (Wildman–Crippen LogP) is 2.29. The molecule has 2 aromatic heterocycles. The fraction of sp³-hybridized carbons (Fsp3) is 0.214. The van der Waals surface area contributed by atoms with Gasteiger partial charge in [0.1, 0.15) is 11.4 Å². The van der Waals surface area contributed by atoms with E-state index in [2.05, 4.69) is 15.1 Å². The minimum atomic E-state index is 0.199. The number of aromatic nitrogens is 4. The maximum Gasteiger partial charge on any atom is 0.167 e. The van der Waals surface area contributed by atoms with Crippen molar-refractivity contribution in [2.24, 2.45) is 0 Å². The first-order valence-electron chi connectivity index (χ1n) is 6.38. The predicted molar refractivity (Wildman–Crippen MR) is 79.1 cm³/mol. The van der Waals surface area contributed by atoms with Gasteiger partial charge >= 0.3 is 0 Å². The maximum atomic E-state index is 8.85. The minimum Gasteiger partial charge on any atom is -0.396 e. The summed E-state index contributed by atoms with van der Waals surface area (Å²) in [6.07, 6.45) is 4.11. The van der Waals surface area contributed by atoms with Crippen molar-refractivity contribution in [3.05, 3.63) is 42.9 Å². The van der Waals surface area contributed by atoms with Crippen molar-refractivity contribution in [1.82, 2.24) is 19.7 Å². The molecule has 0 saturated carbocycles. The number of aliphatic hydroxyl groups is 1. The second-order valence-electron chi connectivity index (χ2n) is 4.23. The molecular formula is C14H14N4OS. The molecule has 5 nitrogen and oxygen atoms in total. The molecule has 1 aromatic carbocycles. The molecule has 0 bridgehead atoms. The van der Waals surface area contributed by atoms with Crippen LogP contribution in [0.2, 0.25) is 0 Å². The molecule has 2 heterocycles. The van der Waals surface area contributed by atoms with E-state index in [0.29, 0.717) is 0 Å². The smallest absolute Gasteiger partial charge is 0.167 e. The van der Waals surface area contributed by atoms with Crippen LogP contribution in [0.5, 0.6) is 0 Å². The normalized spacial score (nSPS) is 11.1. The van der Waals surface area contributed by atoms with Gasteiger partial charge in [-0.25, -0.2) is 14.6 Å². The van der Waals surface area contributed by atoms with Crippen LogP contribution in [0, 0.1) is 0 Å². The van der Waals surface area contributed by atoms with Crippen molar-refractivity contribution in [2.45, 2.75) is 11.4 Å². The van der Waals surface area contributed by atoms with Gasteiger partial charge in [-0.1, -0.05) is 18.2 Å². The van der Waals surface area contributed by atoms with Crippen LogP contribution < -0.4 is 0 Å². The van der Waals surface area contributed by atoms with Gasteiger partial charge in [0, 0.05) is 12.4 Å². The lowest BCUT2D eigenvalue weighted by atomic mass is 10.3. The molecule has 3 rings (SSSR count). The molecule has 20 heavy (non-hydrogen) atoms. The number of aliphatic hydroxyl groups excluding tert-OH is 1. The van der Waals surface area contributed by atoms with Gasteiger partial charge in [0.2, 0.25) is 0 Å². The van der Waals surface area contributed by atoms with E-state index in [-0.39, 0.29) is 6.61 Å². The Kier molecular flexibility index (Phi) is 3.94. The van der Waals surface area contributed by atoms with E-state index >= 15 is 0 Å². The van der Waals surface area contributed by atoms with Crippen LogP contribution in [0.25, 0.3) is 16.7 Å². The van der Waals surface area contributed by atoms with Gasteiger partial charge in [0.15, 0.2) is 5.65 Å². The molecule has 0 radical (unpaired) electrons. The topological polar surface area (TPSA) is 63.8 Å². The van der Waals surface area contributed by atoms with E-state index < -0.39 is 0 Å². The van der Waals surface area contributed by atoms with Crippen LogP contribution in [0.3, 0.4) is 0 Å². The summed E-state index contributed by atoms with van der Waals surface area (Å²) in [6.45, 7) is 0.199. The zero-order valence-electron chi connectivity index (χ0n) is 10.8. The van der Waals surface area contributed by atoms with Gasteiger partial charge in [0.05, 0.1) is 17.3 Å². The molecule has 0 amide bonds. The van der Waals surface area contributed by atoms with Crippen molar-refractivity contribution >= 4 is 22.8 Å². The highest BCUT2D eigenvalue weighted by molar-refractivity contribution is 7.99. The summed E-state index contributed by atoms with van der Waals surface area (Å²) in [5.74, 6) is 0.832. The Balaban J connectivity index is 1.99. The maximum absolute atomic E-state index is 8.85. The molecule has 0 spiro atoms. The molecule has 0 aliphatic heterocycles. The first kappa shape index (κ1) is 13.1. The van der Waals surface area contributed by atoms with E-state index in [1.165, 1.54) is 0 Å². The van der Waals surface area contributed by atoms with Gasteiger partial charge in [-0.15, -0.1) is 11.8 Å². The number of hydrogen-bond acceptors (Lipinski definition) is 5. The van der Waals surface area contributed by atoms with Crippen LogP contribution in [0.15, 0.2) is 47.9 Å². The number of benzene rings is 1. The summed E-state index contributed by atoms with van der Waals surface area (Å²) in [5, 5.41) is 15.1. The number of fused-ring (bicyclic) bond motifs is 1. The Labute approximate surface area is 120 Å². The molecular weight excluding hydrogens is 272 g/mol. The Morgan fingerprint density at radius 2 is 2.00 bits per heavy atom. The summed E-state index contributed by atoms with van der Waals surface area (Å²) in [5.41, 5.74) is 1.78. The fourth-order valence-corrected chi connectivity index (χ4v) is 2.82. The highest BCUT2D eigenvalue weighted by Crippen LogP contribution is 2.25.